The SMILES string of the molecule is Cn1cnnc1CSc1cc(N)ccc1Cl. The van der Waals surface area contributed by atoms with E-state index in [4.69, 9.17) is 17.3 Å². The van der Waals surface area contributed by atoms with Crippen molar-refractivity contribution in [2.45, 2.75) is 10.6 Å². The molecule has 0 unspecified atom stereocenters. The fourth-order valence-corrected chi connectivity index (χ4v) is 2.46. The highest BCUT2D eigenvalue weighted by molar-refractivity contribution is 7.98. The summed E-state index contributed by atoms with van der Waals surface area (Å²) in [4.78, 5) is 0.963. The maximum atomic E-state index is 6.06. The summed E-state index contributed by atoms with van der Waals surface area (Å²) in [6.07, 6.45) is 1.68. The number of rotatable bonds is 3. The molecule has 16 heavy (non-hydrogen) atoms. The lowest BCUT2D eigenvalue weighted by atomic mass is 10.3. The average Bonchev–Trinajstić information content (AvgIpc) is 2.66. The number of benzene rings is 1. The van der Waals surface area contributed by atoms with Crippen LogP contribution >= 0.6 is 23.4 Å². The second-order valence-electron chi connectivity index (χ2n) is 3.34. The van der Waals surface area contributed by atoms with Crippen LogP contribution in [0.3, 0.4) is 0 Å². The topological polar surface area (TPSA) is 56.7 Å². The van der Waals surface area contributed by atoms with Gasteiger partial charge in [0.15, 0.2) is 0 Å². The third kappa shape index (κ3) is 2.48. The third-order valence-electron chi connectivity index (χ3n) is 2.12. The predicted octanol–water partition coefficient (Wildman–Crippen LogP) is 2.34. The van der Waals surface area contributed by atoms with Crippen molar-refractivity contribution < 1.29 is 0 Å². The van der Waals surface area contributed by atoms with Crippen LogP contribution < -0.4 is 5.73 Å². The van der Waals surface area contributed by atoms with Crippen molar-refractivity contribution in [3.8, 4) is 0 Å². The lowest BCUT2D eigenvalue weighted by Gasteiger charge is -2.04. The van der Waals surface area contributed by atoms with Crippen LogP contribution in [0.1, 0.15) is 5.82 Å². The minimum Gasteiger partial charge on any atom is -0.399 e. The molecule has 0 bridgehead atoms. The number of hydrogen-bond acceptors (Lipinski definition) is 4. The Bertz CT molecular complexity index is 497. The van der Waals surface area contributed by atoms with Crippen LogP contribution in [0.2, 0.25) is 5.02 Å². The highest BCUT2D eigenvalue weighted by Crippen LogP contribution is 2.30. The van der Waals surface area contributed by atoms with Gasteiger partial charge in [0.1, 0.15) is 12.2 Å². The number of nitrogens with two attached hydrogens (primary N) is 1. The fourth-order valence-electron chi connectivity index (χ4n) is 1.21. The standard InChI is InChI=1S/C10H11ClN4S/c1-15-6-13-14-10(15)5-16-9-4-7(12)2-3-8(9)11/h2-4,6H,5,12H2,1H3. The molecule has 1 heterocycles. The van der Waals surface area contributed by atoms with Gasteiger partial charge in [0.2, 0.25) is 0 Å². The molecule has 0 aliphatic carbocycles. The van der Waals surface area contributed by atoms with Crippen LogP contribution in [0.25, 0.3) is 0 Å². The van der Waals surface area contributed by atoms with Gasteiger partial charge in [0, 0.05) is 17.6 Å². The first-order valence-corrected chi connectivity index (χ1v) is 6.04. The number of nitrogens with zero attached hydrogens (tertiary/aromatic N) is 3. The van der Waals surface area contributed by atoms with Crippen LogP contribution in [0.15, 0.2) is 29.4 Å². The molecule has 0 aliphatic rings. The molecule has 2 aromatic rings. The summed E-state index contributed by atoms with van der Waals surface area (Å²) in [7, 11) is 1.91. The van der Waals surface area contributed by atoms with Crippen LogP contribution in [-0.4, -0.2) is 14.8 Å². The molecule has 1 aromatic heterocycles. The number of halogens is 1. The number of thioether (sulfide) groups is 1. The van der Waals surface area contributed by atoms with E-state index in [1.807, 2.05) is 17.7 Å². The van der Waals surface area contributed by atoms with Crippen molar-refractivity contribution >= 4 is 29.1 Å². The molecule has 0 fully saturated rings. The summed E-state index contributed by atoms with van der Waals surface area (Å²) in [5.74, 6) is 1.63. The molecule has 6 heteroatoms. The molecule has 0 saturated carbocycles. The zero-order valence-electron chi connectivity index (χ0n) is 8.72. The molecule has 2 rings (SSSR count). The Morgan fingerprint density at radius 1 is 1.50 bits per heavy atom. The highest BCUT2D eigenvalue weighted by Gasteiger charge is 2.05. The summed E-state index contributed by atoms with van der Waals surface area (Å²) >= 11 is 7.65. The Hall–Kier alpha value is -1.20. The Balaban J connectivity index is 2.10. The minimum absolute atomic E-state index is 0.710. The first-order valence-electron chi connectivity index (χ1n) is 4.67. The first-order chi connectivity index (χ1) is 7.66. The van der Waals surface area contributed by atoms with Crippen LogP contribution in [0, 0.1) is 0 Å². The van der Waals surface area contributed by atoms with Crippen molar-refractivity contribution in [3.63, 3.8) is 0 Å². The van der Waals surface area contributed by atoms with Gasteiger partial charge in [-0.2, -0.15) is 0 Å². The Morgan fingerprint density at radius 2 is 2.31 bits per heavy atom. The fraction of sp³-hybridized carbons (Fsp3) is 0.200. The largest absolute Gasteiger partial charge is 0.399 e. The predicted molar refractivity (Wildman–Crippen MR) is 66.4 cm³/mol. The maximum Gasteiger partial charge on any atom is 0.142 e. The van der Waals surface area contributed by atoms with Crippen molar-refractivity contribution in [1.82, 2.24) is 14.8 Å². The summed E-state index contributed by atoms with van der Waals surface area (Å²) in [5.41, 5.74) is 6.41. The zero-order valence-corrected chi connectivity index (χ0v) is 10.3. The van der Waals surface area contributed by atoms with Gasteiger partial charge >= 0.3 is 0 Å². The highest BCUT2D eigenvalue weighted by atomic mass is 35.5. The van der Waals surface area contributed by atoms with Crippen molar-refractivity contribution in [2.75, 3.05) is 5.73 Å². The summed E-state index contributed by atoms with van der Waals surface area (Å²) in [6.45, 7) is 0. The van der Waals surface area contributed by atoms with E-state index < -0.39 is 0 Å². The van der Waals surface area contributed by atoms with E-state index in [1.165, 1.54) is 0 Å². The minimum atomic E-state index is 0.710. The summed E-state index contributed by atoms with van der Waals surface area (Å²) < 4.78 is 1.88. The quantitative estimate of drug-likeness (QED) is 0.675. The molecule has 0 aliphatic heterocycles. The van der Waals surface area contributed by atoms with Crippen molar-refractivity contribution in [1.29, 1.82) is 0 Å². The third-order valence-corrected chi connectivity index (χ3v) is 3.61. The molecule has 0 amide bonds. The van der Waals surface area contributed by atoms with E-state index in [2.05, 4.69) is 10.2 Å². The second kappa shape index (κ2) is 4.76. The molecule has 2 N–H and O–H groups in total. The number of anilines is 1. The molecule has 1 aromatic carbocycles. The Kier molecular flexibility index (Phi) is 3.36. The van der Waals surface area contributed by atoms with Crippen LogP contribution in [0.4, 0.5) is 5.69 Å². The molecule has 0 radical (unpaired) electrons. The molecule has 0 saturated heterocycles. The molecule has 0 spiro atoms. The van der Waals surface area contributed by atoms with E-state index in [0.717, 1.165) is 16.5 Å². The van der Waals surface area contributed by atoms with Crippen molar-refractivity contribution in [2.24, 2.45) is 7.05 Å². The molecule has 4 nitrogen and oxygen atoms in total. The number of nitrogen functional groups attached to an aromatic ring is 1. The van der Waals surface area contributed by atoms with Gasteiger partial charge in [-0.1, -0.05) is 11.6 Å². The van der Waals surface area contributed by atoms with E-state index in [9.17, 15) is 0 Å². The van der Waals surface area contributed by atoms with Gasteiger partial charge in [-0.25, -0.2) is 0 Å². The van der Waals surface area contributed by atoms with Gasteiger partial charge < -0.3 is 10.3 Å². The Morgan fingerprint density at radius 3 is 3.00 bits per heavy atom. The molecule has 84 valence electrons. The van der Waals surface area contributed by atoms with Crippen LogP contribution in [-0.2, 0) is 12.8 Å². The van der Waals surface area contributed by atoms with Gasteiger partial charge in [-0.3, -0.25) is 0 Å². The normalized spacial score (nSPS) is 10.6. The van der Waals surface area contributed by atoms with Gasteiger partial charge in [0.05, 0.1) is 10.8 Å². The van der Waals surface area contributed by atoms with E-state index in [1.54, 1.807) is 30.2 Å². The summed E-state index contributed by atoms with van der Waals surface area (Å²) in [5, 5.41) is 8.53. The van der Waals surface area contributed by atoms with E-state index >= 15 is 0 Å². The maximum absolute atomic E-state index is 6.06. The number of hydrogen-bond donors (Lipinski definition) is 1. The second-order valence-corrected chi connectivity index (χ2v) is 4.76. The zero-order chi connectivity index (χ0) is 11.5. The number of aromatic nitrogens is 3. The molecular weight excluding hydrogens is 244 g/mol. The first kappa shape index (κ1) is 11.3. The van der Waals surface area contributed by atoms with E-state index in [-0.39, 0.29) is 0 Å². The van der Waals surface area contributed by atoms with Gasteiger partial charge in [0.25, 0.3) is 0 Å². The average molecular weight is 255 g/mol. The lowest BCUT2D eigenvalue weighted by Crippen LogP contribution is -1.94. The Labute approximate surface area is 103 Å². The number of aryl methyl sites for hydroxylation is 1. The summed E-state index contributed by atoms with van der Waals surface area (Å²) in [6, 6.07) is 5.45. The smallest absolute Gasteiger partial charge is 0.142 e. The molecular formula is C10H11ClN4S. The van der Waals surface area contributed by atoms with Crippen molar-refractivity contribution in [3.05, 3.63) is 35.4 Å². The van der Waals surface area contributed by atoms with E-state index in [0.29, 0.717) is 10.7 Å². The van der Waals surface area contributed by atoms with Crippen LogP contribution in [0.5, 0.6) is 0 Å². The van der Waals surface area contributed by atoms with Gasteiger partial charge in [-0.05, 0) is 18.2 Å². The monoisotopic (exact) mass is 254 g/mol. The molecule has 0 atom stereocenters. The lowest BCUT2D eigenvalue weighted by molar-refractivity contribution is 0.849. The van der Waals surface area contributed by atoms with Gasteiger partial charge in [-0.15, -0.1) is 22.0 Å².